The van der Waals surface area contributed by atoms with Gasteiger partial charge in [-0.1, -0.05) is 15.9 Å². The minimum atomic E-state index is -0.478. The number of thioether (sulfide) groups is 1. The molecule has 0 saturated carbocycles. The molecule has 1 fully saturated rings. The van der Waals surface area contributed by atoms with Crippen LogP contribution in [-0.4, -0.2) is 48.4 Å². The maximum absolute atomic E-state index is 12.3. The van der Waals surface area contributed by atoms with Gasteiger partial charge in [-0.2, -0.15) is 0 Å². The van der Waals surface area contributed by atoms with Crippen LogP contribution in [0.1, 0.15) is 26.3 Å². The highest BCUT2D eigenvalue weighted by Crippen LogP contribution is 2.38. The van der Waals surface area contributed by atoms with Crippen molar-refractivity contribution in [3.05, 3.63) is 27.1 Å². The van der Waals surface area contributed by atoms with Gasteiger partial charge in [0.2, 0.25) is 0 Å². The highest BCUT2D eigenvalue weighted by atomic mass is 79.9. The largest absolute Gasteiger partial charge is 0.490 e. The van der Waals surface area contributed by atoms with E-state index >= 15 is 0 Å². The predicted molar refractivity (Wildman–Crippen MR) is 106 cm³/mol. The van der Waals surface area contributed by atoms with E-state index in [-0.39, 0.29) is 24.4 Å². The molecule has 2 rings (SSSR count). The molecule has 0 radical (unpaired) electrons. The van der Waals surface area contributed by atoms with Crippen LogP contribution in [0.4, 0.5) is 4.79 Å². The highest BCUT2D eigenvalue weighted by Gasteiger charge is 2.33. The van der Waals surface area contributed by atoms with Crippen molar-refractivity contribution < 1.29 is 28.6 Å². The van der Waals surface area contributed by atoms with Crippen LogP contribution >= 0.6 is 27.7 Å². The first-order valence-electron chi connectivity index (χ1n) is 8.41. The third kappa shape index (κ3) is 5.26. The fraction of sp³-hybridized carbons (Fsp3) is 0.389. The first-order valence-corrected chi connectivity index (χ1v) is 10.0. The van der Waals surface area contributed by atoms with E-state index in [9.17, 15) is 14.4 Å². The van der Waals surface area contributed by atoms with Gasteiger partial charge in [-0.15, -0.1) is 0 Å². The second kappa shape index (κ2) is 9.80. The molecule has 1 aliphatic heterocycles. The third-order valence-electron chi connectivity index (χ3n) is 3.49. The van der Waals surface area contributed by atoms with Crippen molar-refractivity contribution in [2.24, 2.45) is 0 Å². The molecule has 0 unspecified atom stereocenters. The van der Waals surface area contributed by atoms with Gasteiger partial charge in [-0.3, -0.25) is 14.5 Å². The molecule has 0 aromatic heterocycles. The highest BCUT2D eigenvalue weighted by molar-refractivity contribution is 9.10. The number of nitrogens with zero attached hydrogens (tertiary/aromatic N) is 1. The molecule has 0 N–H and O–H groups in total. The van der Waals surface area contributed by atoms with Gasteiger partial charge in [0.05, 0.1) is 18.1 Å². The van der Waals surface area contributed by atoms with Gasteiger partial charge in [0.15, 0.2) is 18.1 Å². The van der Waals surface area contributed by atoms with Crippen LogP contribution in [0, 0.1) is 0 Å². The number of carbonyl (C=O) groups is 3. The van der Waals surface area contributed by atoms with Gasteiger partial charge >= 0.3 is 5.97 Å². The van der Waals surface area contributed by atoms with E-state index < -0.39 is 5.97 Å². The van der Waals surface area contributed by atoms with E-state index in [2.05, 4.69) is 15.9 Å². The maximum atomic E-state index is 12.3. The summed E-state index contributed by atoms with van der Waals surface area (Å²) in [6.07, 6.45) is 1.63. The van der Waals surface area contributed by atoms with Gasteiger partial charge in [0, 0.05) is 11.0 Å². The molecule has 7 nitrogen and oxygen atoms in total. The minimum absolute atomic E-state index is 0.241. The van der Waals surface area contributed by atoms with E-state index in [1.54, 1.807) is 32.1 Å². The Morgan fingerprint density at radius 2 is 1.85 bits per heavy atom. The van der Waals surface area contributed by atoms with Crippen molar-refractivity contribution in [2.45, 2.75) is 20.8 Å². The van der Waals surface area contributed by atoms with E-state index in [0.29, 0.717) is 39.6 Å². The zero-order valence-electron chi connectivity index (χ0n) is 15.2. The molecule has 1 saturated heterocycles. The fourth-order valence-corrected chi connectivity index (χ4v) is 3.63. The molecule has 0 atom stereocenters. The molecule has 0 spiro atoms. The van der Waals surface area contributed by atoms with Gasteiger partial charge in [0.25, 0.3) is 11.1 Å². The van der Waals surface area contributed by atoms with E-state index in [1.165, 1.54) is 4.90 Å². The summed E-state index contributed by atoms with van der Waals surface area (Å²) in [5, 5.41) is -0.288. The van der Waals surface area contributed by atoms with Crippen molar-refractivity contribution in [2.75, 3.05) is 26.4 Å². The lowest BCUT2D eigenvalue weighted by atomic mass is 10.2. The monoisotopic (exact) mass is 457 g/mol. The second-order valence-corrected chi connectivity index (χ2v) is 7.12. The van der Waals surface area contributed by atoms with Crippen molar-refractivity contribution in [3.8, 4) is 11.5 Å². The van der Waals surface area contributed by atoms with E-state index in [4.69, 9.17) is 14.2 Å². The Bertz CT molecular complexity index is 779. The van der Waals surface area contributed by atoms with Crippen LogP contribution in [0.25, 0.3) is 6.08 Å². The molecule has 0 bridgehead atoms. The molecule has 1 aromatic rings. The molecular formula is C18H20BrNO6S. The van der Waals surface area contributed by atoms with Crippen molar-refractivity contribution in [1.29, 1.82) is 0 Å². The summed E-state index contributed by atoms with van der Waals surface area (Å²) in [5.41, 5.74) is 0.656. The Morgan fingerprint density at radius 1 is 1.15 bits per heavy atom. The molecule has 0 aliphatic carbocycles. The van der Waals surface area contributed by atoms with Crippen LogP contribution in [-0.2, 0) is 14.3 Å². The minimum Gasteiger partial charge on any atom is -0.490 e. The number of amides is 2. The number of ether oxygens (including phenoxy) is 3. The molecular weight excluding hydrogens is 438 g/mol. The molecule has 9 heteroatoms. The first-order chi connectivity index (χ1) is 12.9. The van der Waals surface area contributed by atoms with Crippen molar-refractivity contribution in [1.82, 2.24) is 4.90 Å². The number of carbonyl (C=O) groups excluding carboxylic acids is 3. The Kier molecular flexibility index (Phi) is 7.73. The second-order valence-electron chi connectivity index (χ2n) is 5.27. The zero-order chi connectivity index (χ0) is 20.0. The summed E-state index contributed by atoms with van der Waals surface area (Å²) < 4.78 is 16.6. The number of esters is 1. The van der Waals surface area contributed by atoms with Crippen molar-refractivity contribution >= 4 is 50.9 Å². The molecule has 2 amide bonds. The summed E-state index contributed by atoms with van der Waals surface area (Å²) in [6, 6.07) is 3.34. The number of benzene rings is 1. The smallest absolute Gasteiger partial charge is 0.344 e. The normalized spacial score (nSPS) is 15.4. The Hall–Kier alpha value is -2.00. The lowest BCUT2D eigenvalue weighted by molar-refractivity contribution is -0.145. The zero-order valence-corrected chi connectivity index (χ0v) is 17.6. The van der Waals surface area contributed by atoms with Gasteiger partial charge in [-0.25, -0.2) is 4.79 Å². The number of halogens is 1. The number of rotatable bonds is 8. The first kappa shape index (κ1) is 21.3. The van der Waals surface area contributed by atoms with E-state index in [1.807, 2.05) is 6.92 Å². The summed E-state index contributed by atoms with van der Waals surface area (Å²) in [4.78, 5) is 37.2. The lowest BCUT2D eigenvalue weighted by Crippen LogP contribution is -2.27. The van der Waals surface area contributed by atoms with Crippen molar-refractivity contribution in [3.63, 3.8) is 0 Å². The number of hydrogen-bond donors (Lipinski definition) is 0. The average molecular weight is 458 g/mol. The van der Waals surface area contributed by atoms with Gasteiger partial charge in [0.1, 0.15) is 0 Å². The Balaban J connectivity index is 2.29. The van der Waals surface area contributed by atoms with Gasteiger partial charge < -0.3 is 14.2 Å². The molecule has 1 aromatic carbocycles. The fourth-order valence-electron chi connectivity index (χ4n) is 2.30. The number of likely N-dealkylation sites (N-methyl/N-ethyl adjacent to an activating group) is 1. The lowest BCUT2D eigenvalue weighted by Gasteiger charge is -2.14. The molecule has 1 heterocycles. The summed E-state index contributed by atoms with van der Waals surface area (Å²) in [6.45, 7) is 6.04. The predicted octanol–water partition coefficient (Wildman–Crippen LogP) is 3.85. The summed E-state index contributed by atoms with van der Waals surface area (Å²) in [5.74, 6) is -0.00468. The van der Waals surface area contributed by atoms with Crippen LogP contribution in [0.5, 0.6) is 11.5 Å². The molecule has 146 valence electrons. The van der Waals surface area contributed by atoms with Crippen LogP contribution < -0.4 is 9.47 Å². The quantitative estimate of drug-likeness (QED) is 0.432. The molecule has 1 aliphatic rings. The summed E-state index contributed by atoms with van der Waals surface area (Å²) >= 11 is 4.33. The third-order valence-corrected chi connectivity index (χ3v) is 5.08. The number of imide groups is 1. The average Bonchev–Trinajstić information content (AvgIpc) is 2.89. The standard InChI is InChI=1S/C18H20BrNO6S/c1-4-20-17(22)15(27-18(20)23)8-11-7-13(24-5-2)14(9-12(11)19)26-10-16(21)25-6-3/h7-9H,4-6,10H2,1-3H3/b15-8+. The van der Waals surface area contributed by atoms with E-state index in [0.717, 1.165) is 11.8 Å². The molecule has 27 heavy (non-hydrogen) atoms. The Morgan fingerprint density at radius 3 is 2.44 bits per heavy atom. The number of hydrogen-bond acceptors (Lipinski definition) is 7. The maximum Gasteiger partial charge on any atom is 0.344 e. The SMILES string of the molecule is CCOC(=O)COc1cc(Br)c(/C=C2/SC(=O)N(CC)C2=O)cc1OCC. The van der Waals surface area contributed by atoms with Crippen LogP contribution in [0.3, 0.4) is 0 Å². The Labute approximate surface area is 170 Å². The van der Waals surface area contributed by atoms with Crippen LogP contribution in [0.2, 0.25) is 0 Å². The van der Waals surface area contributed by atoms with Crippen LogP contribution in [0.15, 0.2) is 21.5 Å². The topological polar surface area (TPSA) is 82.1 Å². The summed E-state index contributed by atoms with van der Waals surface area (Å²) in [7, 11) is 0. The van der Waals surface area contributed by atoms with Gasteiger partial charge in [-0.05, 0) is 56.3 Å².